The molecule has 0 aliphatic rings. The van der Waals surface area contributed by atoms with Gasteiger partial charge in [0.05, 0.1) is 10.6 Å². The molecule has 0 unspecified atom stereocenters. The molecule has 0 spiro atoms. The number of carboxylic acids is 1. The summed E-state index contributed by atoms with van der Waals surface area (Å²) in [6.45, 7) is 0. The Bertz CT molecular complexity index is 652. The van der Waals surface area contributed by atoms with E-state index >= 15 is 0 Å². The van der Waals surface area contributed by atoms with Crippen molar-refractivity contribution in [2.45, 2.75) is 10.8 Å². The van der Waals surface area contributed by atoms with Crippen molar-refractivity contribution in [3.05, 3.63) is 53.5 Å². The minimum Gasteiger partial charge on any atom is -0.478 e. The van der Waals surface area contributed by atoms with E-state index in [1.54, 1.807) is 12.3 Å². The van der Waals surface area contributed by atoms with E-state index in [1.807, 2.05) is 12.1 Å². The van der Waals surface area contributed by atoms with Gasteiger partial charge in [-0.3, -0.25) is 0 Å². The van der Waals surface area contributed by atoms with E-state index in [4.69, 9.17) is 10.4 Å². The van der Waals surface area contributed by atoms with Crippen LogP contribution in [0.15, 0.2) is 41.7 Å². The molecule has 5 nitrogen and oxygen atoms in total. The molecule has 0 bridgehead atoms. The van der Waals surface area contributed by atoms with Crippen LogP contribution < -0.4 is 0 Å². The molecule has 0 amide bonds. The van der Waals surface area contributed by atoms with E-state index < -0.39 is 5.97 Å². The molecule has 2 aromatic rings. The zero-order valence-electron chi connectivity index (χ0n) is 9.78. The third-order valence-electron chi connectivity index (χ3n) is 2.35. The van der Waals surface area contributed by atoms with Gasteiger partial charge in [0.25, 0.3) is 0 Å². The third-order valence-corrected chi connectivity index (χ3v) is 3.33. The summed E-state index contributed by atoms with van der Waals surface area (Å²) in [4.78, 5) is 18.9. The van der Waals surface area contributed by atoms with E-state index in [1.165, 1.54) is 30.1 Å². The lowest BCUT2D eigenvalue weighted by atomic mass is 10.2. The van der Waals surface area contributed by atoms with E-state index in [0.29, 0.717) is 16.5 Å². The summed E-state index contributed by atoms with van der Waals surface area (Å²) in [5, 5.41) is 18.4. The number of aromatic nitrogens is 2. The summed E-state index contributed by atoms with van der Waals surface area (Å²) >= 11 is 1.37. The summed E-state index contributed by atoms with van der Waals surface area (Å²) in [6, 6.07) is 8.55. The SMILES string of the molecule is N#Cc1ncccc1CSc1cc(C(=O)O)ccn1. The first-order valence-corrected chi connectivity index (χ1v) is 6.35. The molecule has 19 heavy (non-hydrogen) atoms. The van der Waals surface area contributed by atoms with Crippen molar-refractivity contribution in [2.75, 3.05) is 0 Å². The molecular formula is C13H9N3O2S. The number of nitriles is 1. The molecular weight excluding hydrogens is 262 g/mol. The Morgan fingerprint density at radius 3 is 2.95 bits per heavy atom. The average molecular weight is 271 g/mol. The molecule has 6 heteroatoms. The lowest BCUT2D eigenvalue weighted by Gasteiger charge is -2.03. The Balaban J connectivity index is 2.13. The van der Waals surface area contributed by atoms with Crippen LogP contribution in [0.2, 0.25) is 0 Å². The molecule has 0 radical (unpaired) electrons. The summed E-state index contributed by atoms with van der Waals surface area (Å²) in [5.41, 5.74) is 1.38. The van der Waals surface area contributed by atoms with Gasteiger partial charge in [-0.1, -0.05) is 6.07 Å². The summed E-state index contributed by atoms with van der Waals surface area (Å²) in [7, 11) is 0. The van der Waals surface area contributed by atoms with Gasteiger partial charge >= 0.3 is 5.97 Å². The Kier molecular flexibility index (Phi) is 4.11. The predicted octanol–water partition coefficient (Wildman–Crippen LogP) is 2.34. The summed E-state index contributed by atoms with van der Waals surface area (Å²) in [6.07, 6.45) is 3.02. The number of carboxylic acid groups (broad SMARTS) is 1. The van der Waals surface area contributed by atoms with Gasteiger partial charge in [-0.2, -0.15) is 5.26 Å². The van der Waals surface area contributed by atoms with Gasteiger partial charge in [-0.05, 0) is 23.8 Å². The zero-order chi connectivity index (χ0) is 13.7. The highest BCUT2D eigenvalue weighted by molar-refractivity contribution is 7.98. The summed E-state index contributed by atoms with van der Waals surface area (Å²) < 4.78 is 0. The van der Waals surface area contributed by atoms with Crippen molar-refractivity contribution < 1.29 is 9.90 Å². The molecule has 0 aliphatic heterocycles. The molecule has 0 atom stereocenters. The Morgan fingerprint density at radius 2 is 2.21 bits per heavy atom. The molecule has 2 heterocycles. The van der Waals surface area contributed by atoms with E-state index in [9.17, 15) is 4.79 Å². The van der Waals surface area contributed by atoms with Gasteiger partial charge in [0, 0.05) is 18.1 Å². The van der Waals surface area contributed by atoms with Gasteiger partial charge in [-0.15, -0.1) is 11.8 Å². The van der Waals surface area contributed by atoms with Gasteiger partial charge in [0.2, 0.25) is 0 Å². The van der Waals surface area contributed by atoms with Crippen LogP contribution in [0, 0.1) is 11.3 Å². The van der Waals surface area contributed by atoms with Crippen LogP contribution in [0.1, 0.15) is 21.6 Å². The molecule has 94 valence electrons. The molecule has 0 saturated carbocycles. The fraction of sp³-hybridized carbons (Fsp3) is 0.0769. The monoisotopic (exact) mass is 271 g/mol. The molecule has 1 N–H and O–H groups in total. The smallest absolute Gasteiger partial charge is 0.335 e. The topological polar surface area (TPSA) is 86.9 Å². The maximum Gasteiger partial charge on any atom is 0.335 e. The number of hydrogen-bond acceptors (Lipinski definition) is 5. The highest BCUT2D eigenvalue weighted by atomic mass is 32.2. The maximum atomic E-state index is 10.8. The van der Waals surface area contributed by atoms with Crippen LogP contribution in [-0.4, -0.2) is 21.0 Å². The number of nitrogens with zero attached hydrogens (tertiary/aromatic N) is 3. The standard InChI is InChI=1S/C13H9N3O2S/c14-7-11-10(2-1-4-15-11)8-19-12-6-9(13(17)18)3-5-16-12/h1-6H,8H2,(H,17,18). The lowest BCUT2D eigenvalue weighted by molar-refractivity contribution is 0.0696. The fourth-order valence-electron chi connectivity index (χ4n) is 1.43. The number of aromatic carboxylic acids is 1. The molecule has 0 saturated heterocycles. The second-order valence-electron chi connectivity index (χ2n) is 3.60. The minimum absolute atomic E-state index is 0.198. The third kappa shape index (κ3) is 3.30. The quantitative estimate of drug-likeness (QED) is 0.859. The van der Waals surface area contributed by atoms with Crippen molar-refractivity contribution in [1.29, 1.82) is 5.26 Å². The number of rotatable bonds is 4. The van der Waals surface area contributed by atoms with Crippen molar-refractivity contribution in [3.8, 4) is 6.07 Å². The lowest BCUT2D eigenvalue weighted by Crippen LogP contribution is -1.97. The van der Waals surface area contributed by atoms with Crippen molar-refractivity contribution >= 4 is 17.7 Å². The van der Waals surface area contributed by atoms with Crippen LogP contribution in [0.4, 0.5) is 0 Å². The minimum atomic E-state index is -0.983. The van der Waals surface area contributed by atoms with E-state index in [-0.39, 0.29) is 5.56 Å². The predicted molar refractivity (Wildman–Crippen MR) is 69.7 cm³/mol. The number of pyridine rings is 2. The molecule has 2 aromatic heterocycles. The number of thioether (sulfide) groups is 1. The van der Waals surface area contributed by atoms with Crippen LogP contribution in [0.5, 0.6) is 0 Å². The van der Waals surface area contributed by atoms with E-state index in [2.05, 4.69) is 9.97 Å². The first-order chi connectivity index (χ1) is 9.20. The van der Waals surface area contributed by atoms with E-state index in [0.717, 1.165) is 5.56 Å². The molecule has 2 rings (SSSR count). The van der Waals surface area contributed by atoms with Crippen molar-refractivity contribution in [1.82, 2.24) is 9.97 Å². The largest absolute Gasteiger partial charge is 0.478 e. The van der Waals surface area contributed by atoms with Gasteiger partial charge in [0.15, 0.2) is 0 Å². The molecule has 0 aromatic carbocycles. The maximum absolute atomic E-state index is 10.8. The average Bonchev–Trinajstić information content (AvgIpc) is 2.45. The number of hydrogen-bond donors (Lipinski definition) is 1. The van der Waals surface area contributed by atoms with Crippen molar-refractivity contribution in [3.63, 3.8) is 0 Å². The van der Waals surface area contributed by atoms with Crippen LogP contribution in [0.3, 0.4) is 0 Å². The highest BCUT2D eigenvalue weighted by Gasteiger charge is 2.07. The Morgan fingerprint density at radius 1 is 1.37 bits per heavy atom. The van der Waals surface area contributed by atoms with Gasteiger partial charge < -0.3 is 5.11 Å². The van der Waals surface area contributed by atoms with Crippen LogP contribution >= 0.6 is 11.8 Å². The highest BCUT2D eigenvalue weighted by Crippen LogP contribution is 2.22. The normalized spacial score (nSPS) is 9.84. The molecule has 0 aliphatic carbocycles. The fourth-order valence-corrected chi connectivity index (χ4v) is 2.31. The van der Waals surface area contributed by atoms with Crippen molar-refractivity contribution in [2.24, 2.45) is 0 Å². The van der Waals surface area contributed by atoms with Gasteiger partial charge in [-0.25, -0.2) is 14.8 Å². The molecule has 0 fully saturated rings. The Hall–Kier alpha value is -2.39. The number of carbonyl (C=O) groups is 1. The van der Waals surface area contributed by atoms with Gasteiger partial charge in [0.1, 0.15) is 11.8 Å². The zero-order valence-corrected chi connectivity index (χ0v) is 10.6. The second kappa shape index (κ2) is 5.98. The first-order valence-electron chi connectivity index (χ1n) is 5.37. The van der Waals surface area contributed by atoms with Crippen LogP contribution in [-0.2, 0) is 5.75 Å². The van der Waals surface area contributed by atoms with Crippen LogP contribution in [0.25, 0.3) is 0 Å². The second-order valence-corrected chi connectivity index (χ2v) is 4.60. The Labute approximate surface area is 113 Å². The summed E-state index contributed by atoms with van der Waals surface area (Å²) in [5.74, 6) is -0.462. The first kappa shape index (κ1) is 13.1.